The molecule has 33 heavy (non-hydrogen) atoms. The van der Waals surface area contributed by atoms with E-state index in [0.717, 1.165) is 55.9 Å². The van der Waals surface area contributed by atoms with Crippen LogP contribution < -0.4 is 4.90 Å². The highest BCUT2D eigenvalue weighted by Crippen LogP contribution is 2.42. The van der Waals surface area contributed by atoms with Gasteiger partial charge in [-0.25, -0.2) is 19.7 Å². The third-order valence-corrected chi connectivity index (χ3v) is 7.79. The van der Waals surface area contributed by atoms with Crippen molar-refractivity contribution >= 4 is 35.1 Å². The molecule has 2 aromatic heterocycles. The molecule has 0 amide bonds. The number of ether oxygens (including phenoxy) is 1. The van der Waals surface area contributed by atoms with Crippen molar-refractivity contribution in [3.8, 4) is 11.5 Å². The van der Waals surface area contributed by atoms with Crippen LogP contribution >= 0.6 is 23.4 Å². The van der Waals surface area contributed by atoms with Crippen LogP contribution in [0.4, 0.5) is 5.82 Å². The highest BCUT2D eigenvalue weighted by Gasteiger charge is 2.41. The van der Waals surface area contributed by atoms with Crippen molar-refractivity contribution in [3.05, 3.63) is 47.6 Å². The van der Waals surface area contributed by atoms with Crippen molar-refractivity contribution in [2.45, 2.75) is 42.2 Å². The van der Waals surface area contributed by atoms with E-state index in [1.807, 2.05) is 12.1 Å². The zero-order chi connectivity index (χ0) is 23.0. The van der Waals surface area contributed by atoms with Crippen LogP contribution in [-0.4, -0.2) is 51.8 Å². The van der Waals surface area contributed by atoms with Crippen molar-refractivity contribution in [2.75, 3.05) is 24.6 Å². The summed E-state index contributed by atoms with van der Waals surface area (Å²) in [5.74, 6) is -0.120. The zero-order valence-electron chi connectivity index (χ0n) is 18.0. The lowest BCUT2D eigenvalue weighted by atomic mass is 9.77. The van der Waals surface area contributed by atoms with Crippen LogP contribution in [0.3, 0.4) is 0 Å². The number of halogens is 1. The number of rotatable bonds is 5. The Morgan fingerprint density at radius 2 is 2.09 bits per heavy atom. The SMILES string of the molecule is C[C@H]1CC2(CCN(c3cnc(Sc4cccc(-c5nc(C(=O)O)co5)c4Cl)cn3)CC2)CO1. The first-order chi connectivity index (χ1) is 15.9. The van der Waals surface area contributed by atoms with Crippen LogP contribution in [0.2, 0.25) is 5.02 Å². The number of anilines is 1. The predicted molar refractivity (Wildman–Crippen MR) is 124 cm³/mol. The van der Waals surface area contributed by atoms with Crippen molar-refractivity contribution in [2.24, 2.45) is 5.41 Å². The zero-order valence-corrected chi connectivity index (χ0v) is 19.6. The lowest BCUT2D eigenvalue weighted by molar-refractivity contribution is 0.0690. The molecule has 0 unspecified atom stereocenters. The summed E-state index contributed by atoms with van der Waals surface area (Å²) in [5, 5.41) is 10.2. The lowest BCUT2D eigenvalue weighted by Crippen LogP contribution is -2.41. The van der Waals surface area contributed by atoms with E-state index in [1.54, 1.807) is 18.5 Å². The van der Waals surface area contributed by atoms with E-state index in [9.17, 15) is 4.79 Å². The summed E-state index contributed by atoms with van der Waals surface area (Å²) in [7, 11) is 0. The first kappa shape index (κ1) is 22.2. The predicted octanol–water partition coefficient (Wildman–Crippen LogP) is 5.03. The maximum Gasteiger partial charge on any atom is 0.357 e. The minimum Gasteiger partial charge on any atom is -0.476 e. The number of hydrogen-bond donors (Lipinski definition) is 1. The molecule has 2 aliphatic rings. The number of carboxylic acids is 1. The van der Waals surface area contributed by atoms with Crippen LogP contribution in [0.15, 0.2) is 51.2 Å². The van der Waals surface area contributed by atoms with Gasteiger partial charge in [-0.05, 0) is 43.7 Å². The minimum absolute atomic E-state index is 0.159. The summed E-state index contributed by atoms with van der Waals surface area (Å²) in [6.45, 7) is 4.94. The topological polar surface area (TPSA) is 102 Å². The van der Waals surface area contributed by atoms with E-state index < -0.39 is 5.97 Å². The molecule has 5 rings (SSSR count). The molecule has 2 fully saturated rings. The first-order valence-electron chi connectivity index (χ1n) is 10.8. The van der Waals surface area contributed by atoms with E-state index in [4.69, 9.17) is 25.9 Å². The molecule has 2 aliphatic heterocycles. The number of aromatic nitrogens is 3. The number of carbonyl (C=O) groups is 1. The number of nitrogens with zero attached hydrogens (tertiary/aromatic N) is 4. The normalized spacial score (nSPS) is 19.8. The maximum absolute atomic E-state index is 11.1. The Labute approximate surface area is 200 Å². The summed E-state index contributed by atoms with van der Waals surface area (Å²) < 4.78 is 11.1. The molecule has 0 radical (unpaired) electrons. The molecule has 8 nitrogen and oxygen atoms in total. The molecule has 172 valence electrons. The molecule has 1 spiro atoms. The molecule has 0 saturated carbocycles. The summed E-state index contributed by atoms with van der Waals surface area (Å²) in [6, 6.07) is 5.41. The summed E-state index contributed by atoms with van der Waals surface area (Å²) in [4.78, 5) is 27.3. The Morgan fingerprint density at radius 3 is 2.73 bits per heavy atom. The van der Waals surface area contributed by atoms with Gasteiger partial charge in [0.05, 0.1) is 35.7 Å². The van der Waals surface area contributed by atoms with Crippen molar-refractivity contribution in [3.63, 3.8) is 0 Å². The van der Waals surface area contributed by atoms with Gasteiger partial charge in [0.1, 0.15) is 17.1 Å². The molecule has 1 N–H and O–H groups in total. The molecule has 0 bridgehead atoms. The van der Waals surface area contributed by atoms with Crippen LogP contribution in [0, 0.1) is 5.41 Å². The number of carboxylic acid groups (broad SMARTS) is 1. The van der Waals surface area contributed by atoms with Gasteiger partial charge in [-0.15, -0.1) is 0 Å². The molecule has 10 heteroatoms. The van der Waals surface area contributed by atoms with E-state index in [1.165, 1.54) is 11.8 Å². The Hall–Kier alpha value is -2.62. The second-order valence-electron chi connectivity index (χ2n) is 8.59. The van der Waals surface area contributed by atoms with Gasteiger partial charge in [0.15, 0.2) is 5.69 Å². The Kier molecular flexibility index (Phi) is 6.03. The average molecular weight is 487 g/mol. The average Bonchev–Trinajstić information content (AvgIpc) is 3.44. The summed E-state index contributed by atoms with van der Waals surface area (Å²) >= 11 is 7.95. The minimum atomic E-state index is -1.16. The molecule has 3 aromatic rings. The monoisotopic (exact) mass is 486 g/mol. The fourth-order valence-corrected chi connectivity index (χ4v) is 5.60. The summed E-state index contributed by atoms with van der Waals surface area (Å²) in [6.07, 6.45) is 8.39. The highest BCUT2D eigenvalue weighted by molar-refractivity contribution is 7.99. The van der Waals surface area contributed by atoms with Crippen LogP contribution in [0.1, 0.15) is 36.7 Å². The fourth-order valence-electron chi connectivity index (χ4n) is 4.49. The number of aromatic carboxylic acids is 1. The van der Waals surface area contributed by atoms with E-state index >= 15 is 0 Å². The van der Waals surface area contributed by atoms with Crippen LogP contribution in [-0.2, 0) is 4.74 Å². The van der Waals surface area contributed by atoms with Gasteiger partial charge >= 0.3 is 5.97 Å². The third-order valence-electron chi connectivity index (χ3n) is 6.29. The van der Waals surface area contributed by atoms with Gasteiger partial charge in [-0.3, -0.25) is 0 Å². The smallest absolute Gasteiger partial charge is 0.357 e. The lowest BCUT2D eigenvalue weighted by Gasteiger charge is -2.38. The molecular weight excluding hydrogens is 464 g/mol. The van der Waals surface area contributed by atoms with E-state index in [0.29, 0.717) is 27.1 Å². The second-order valence-corrected chi connectivity index (χ2v) is 10.0. The quantitative estimate of drug-likeness (QED) is 0.531. The highest BCUT2D eigenvalue weighted by atomic mass is 35.5. The maximum atomic E-state index is 11.1. The molecule has 0 aliphatic carbocycles. The number of oxazole rings is 1. The Bertz CT molecular complexity index is 1160. The Morgan fingerprint density at radius 1 is 1.27 bits per heavy atom. The number of piperidine rings is 1. The molecule has 2 saturated heterocycles. The van der Waals surface area contributed by atoms with Gasteiger partial charge in [-0.2, -0.15) is 0 Å². The van der Waals surface area contributed by atoms with Gasteiger partial charge in [0.25, 0.3) is 0 Å². The van der Waals surface area contributed by atoms with Crippen molar-refractivity contribution in [1.29, 1.82) is 0 Å². The first-order valence-corrected chi connectivity index (χ1v) is 12.0. The molecule has 1 atom stereocenters. The van der Waals surface area contributed by atoms with Gasteiger partial charge in [0, 0.05) is 18.0 Å². The molecule has 4 heterocycles. The van der Waals surface area contributed by atoms with Crippen LogP contribution in [0.5, 0.6) is 0 Å². The van der Waals surface area contributed by atoms with Crippen molar-refractivity contribution < 1.29 is 19.1 Å². The summed E-state index contributed by atoms with van der Waals surface area (Å²) in [5.41, 5.74) is 0.681. The van der Waals surface area contributed by atoms with Gasteiger partial charge < -0.3 is 19.2 Å². The number of hydrogen-bond acceptors (Lipinski definition) is 8. The van der Waals surface area contributed by atoms with E-state index in [2.05, 4.69) is 26.8 Å². The standard InChI is InChI=1S/C23H23ClN4O4S/c1-14-9-23(13-32-14)5-7-28(8-6-23)18-10-26-19(11-25-18)33-17-4-2-3-15(20(17)24)21-27-16(12-31-21)22(29)30/h2-4,10-12,14H,5-9,13H2,1H3,(H,29,30)/t14-/m0/s1. The van der Waals surface area contributed by atoms with E-state index in [-0.39, 0.29) is 11.6 Å². The fraction of sp³-hybridized carbons (Fsp3) is 0.391. The van der Waals surface area contributed by atoms with Gasteiger partial charge in [0.2, 0.25) is 5.89 Å². The largest absolute Gasteiger partial charge is 0.476 e. The van der Waals surface area contributed by atoms with Crippen LogP contribution in [0.25, 0.3) is 11.5 Å². The Balaban J connectivity index is 1.26. The third kappa shape index (κ3) is 4.58. The molecule has 1 aromatic carbocycles. The molecular formula is C23H23ClN4O4S. The second kappa shape index (κ2) is 8.96. The van der Waals surface area contributed by atoms with Crippen molar-refractivity contribution in [1.82, 2.24) is 15.0 Å². The number of benzene rings is 1. The van der Waals surface area contributed by atoms with Gasteiger partial charge in [-0.1, -0.05) is 29.4 Å².